The number of hydrogen-bond acceptors (Lipinski definition) is 3. The number of hydrogen-bond donors (Lipinski definition) is 1. The zero-order valence-electron chi connectivity index (χ0n) is 13.9. The standard InChI is InChI=1S/C16H32N4/c1-6-9-17-15(14(7-2)8-3)10-16-18-12-19-20(16)11-13(4)5/h12-15,17H,6-11H2,1-5H3. The lowest BCUT2D eigenvalue weighted by atomic mass is 9.91. The van der Waals surface area contributed by atoms with Crippen molar-refractivity contribution in [2.75, 3.05) is 6.54 Å². The van der Waals surface area contributed by atoms with Crippen molar-refractivity contribution in [2.24, 2.45) is 11.8 Å². The summed E-state index contributed by atoms with van der Waals surface area (Å²) in [6.45, 7) is 13.3. The van der Waals surface area contributed by atoms with Gasteiger partial charge in [0.15, 0.2) is 0 Å². The Morgan fingerprint density at radius 1 is 1.20 bits per heavy atom. The molecule has 1 aromatic rings. The van der Waals surface area contributed by atoms with Gasteiger partial charge in [-0.25, -0.2) is 9.67 Å². The van der Waals surface area contributed by atoms with E-state index in [1.807, 2.05) is 0 Å². The van der Waals surface area contributed by atoms with Gasteiger partial charge in [0.05, 0.1) is 0 Å². The first kappa shape index (κ1) is 17.2. The van der Waals surface area contributed by atoms with Crippen molar-refractivity contribution in [3.8, 4) is 0 Å². The molecule has 4 nitrogen and oxygen atoms in total. The predicted octanol–water partition coefficient (Wildman–Crippen LogP) is 3.28. The first-order valence-electron chi connectivity index (χ1n) is 8.22. The van der Waals surface area contributed by atoms with E-state index < -0.39 is 0 Å². The Balaban J connectivity index is 2.75. The van der Waals surface area contributed by atoms with Crippen LogP contribution in [0.15, 0.2) is 6.33 Å². The average Bonchev–Trinajstić information content (AvgIpc) is 2.83. The van der Waals surface area contributed by atoms with Crippen molar-refractivity contribution < 1.29 is 0 Å². The van der Waals surface area contributed by atoms with Crippen LogP contribution < -0.4 is 5.32 Å². The second-order valence-corrected chi connectivity index (χ2v) is 6.09. The molecule has 0 saturated heterocycles. The molecule has 0 aliphatic carbocycles. The number of nitrogens with one attached hydrogen (secondary N) is 1. The summed E-state index contributed by atoms with van der Waals surface area (Å²) in [5, 5.41) is 8.09. The number of nitrogens with zero attached hydrogens (tertiary/aromatic N) is 3. The molecule has 1 rings (SSSR count). The molecule has 0 aliphatic heterocycles. The maximum Gasteiger partial charge on any atom is 0.138 e. The zero-order valence-corrected chi connectivity index (χ0v) is 13.9. The molecule has 1 unspecified atom stereocenters. The van der Waals surface area contributed by atoms with Crippen LogP contribution in [0.2, 0.25) is 0 Å². The van der Waals surface area contributed by atoms with Crippen molar-refractivity contribution in [1.29, 1.82) is 0 Å². The lowest BCUT2D eigenvalue weighted by Gasteiger charge is -2.26. The Hall–Kier alpha value is -0.900. The SMILES string of the molecule is CCCNC(Cc1ncnn1CC(C)C)C(CC)CC. The average molecular weight is 280 g/mol. The highest BCUT2D eigenvalue weighted by atomic mass is 15.3. The van der Waals surface area contributed by atoms with Gasteiger partial charge in [-0.3, -0.25) is 0 Å². The summed E-state index contributed by atoms with van der Waals surface area (Å²) < 4.78 is 2.08. The van der Waals surface area contributed by atoms with E-state index in [0.29, 0.717) is 17.9 Å². The molecule has 0 aromatic carbocycles. The molecular formula is C16H32N4. The molecule has 20 heavy (non-hydrogen) atoms. The second kappa shape index (κ2) is 9.11. The summed E-state index contributed by atoms with van der Waals surface area (Å²) in [5.74, 6) is 2.44. The molecule has 0 saturated carbocycles. The van der Waals surface area contributed by atoms with Crippen molar-refractivity contribution in [3.63, 3.8) is 0 Å². The van der Waals surface area contributed by atoms with E-state index in [0.717, 1.165) is 25.3 Å². The molecular weight excluding hydrogens is 248 g/mol. The van der Waals surface area contributed by atoms with Crippen molar-refractivity contribution >= 4 is 0 Å². The molecule has 1 aromatic heterocycles. The number of rotatable bonds is 10. The maximum atomic E-state index is 4.48. The normalized spacial score (nSPS) is 13.3. The third-order valence-corrected chi connectivity index (χ3v) is 3.91. The van der Waals surface area contributed by atoms with Gasteiger partial charge in [0, 0.05) is 19.0 Å². The Morgan fingerprint density at radius 3 is 2.45 bits per heavy atom. The van der Waals surface area contributed by atoms with Gasteiger partial charge in [0.2, 0.25) is 0 Å². The smallest absolute Gasteiger partial charge is 0.138 e. The van der Waals surface area contributed by atoms with Gasteiger partial charge in [-0.05, 0) is 24.8 Å². The molecule has 0 fully saturated rings. The minimum atomic E-state index is 0.514. The van der Waals surface area contributed by atoms with Crippen LogP contribution in [0.3, 0.4) is 0 Å². The van der Waals surface area contributed by atoms with E-state index in [2.05, 4.69) is 54.7 Å². The molecule has 116 valence electrons. The summed E-state index contributed by atoms with van der Waals surface area (Å²) in [5.41, 5.74) is 0. The van der Waals surface area contributed by atoms with Gasteiger partial charge in [0.25, 0.3) is 0 Å². The quantitative estimate of drug-likeness (QED) is 0.715. The molecule has 0 aliphatic rings. The first-order chi connectivity index (χ1) is 9.62. The van der Waals surface area contributed by atoms with Gasteiger partial charge in [-0.15, -0.1) is 0 Å². The van der Waals surface area contributed by atoms with E-state index >= 15 is 0 Å². The Kier molecular flexibility index (Phi) is 7.82. The Morgan fingerprint density at radius 2 is 1.90 bits per heavy atom. The molecule has 1 heterocycles. The predicted molar refractivity (Wildman–Crippen MR) is 84.7 cm³/mol. The highest BCUT2D eigenvalue weighted by Gasteiger charge is 2.20. The first-order valence-corrected chi connectivity index (χ1v) is 8.22. The van der Waals surface area contributed by atoms with E-state index in [1.54, 1.807) is 6.33 Å². The Labute approximate surface area is 124 Å². The fourth-order valence-corrected chi connectivity index (χ4v) is 2.73. The van der Waals surface area contributed by atoms with Crippen LogP contribution in [-0.4, -0.2) is 27.4 Å². The monoisotopic (exact) mass is 280 g/mol. The molecule has 4 heteroatoms. The van der Waals surface area contributed by atoms with Gasteiger partial charge in [-0.2, -0.15) is 5.10 Å². The Bertz CT molecular complexity index is 355. The van der Waals surface area contributed by atoms with Crippen molar-refractivity contribution in [2.45, 2.75) is 72.9 Å². The summed E-state index contributed by atoms with van der Waals surface area (Å²) in [6, 6.07) is 0.514. The van der Waals surface area contributed by atoms with Crippen LogP contribution in [0.4, 0.5) is 0 Å². The van der Waals surface area contributed by atoms with Crippen LogP contribution in [-0.2, 0) is 13.0 Å². The molecule has 0 radical (unpaired) electrons. The highest BCUT2D eigenvalue weighted by molar-refractivity contribution is 4.92. The fraction of sp³-hybridized carbons (Fsp3) is 0.875. The summed E-state index contributed by atoms with van der Waals surface area (Å²) in [6.07, 6.45) is 6.29. The van der Waals surface area contributed by atoms with E-state index in [1.165, 1.54) is 19.3 Å². The summed E-state index contributed by atoms with van der Waals surface area (Å²) in [7, 11) is 0. The molecule has 1 N–H and O–H groups in total. The lowest BCUT2D eigenvalue weighted by Crippen LogP contribution is -2.39. The molecule has 0 amide bonds. The van der Waals surface area contributed by atoms with Crippen LogP contribution in [0, 0.1) is 11.8 Å². The van der Waals surface area contributed by atoms with Crippen LogP contribution in [0.1, 0.15) is 59.7 Å². The topological polar surface area (TPSA) is 42.7 Å². The van der Waals surface area contributed by atoms with Gasteiger partial charge < -0.3 is 5.32 Å². The molecule has 0 bridgehead atoms. The zero-order chi connectivity index (χ0) is 15.0. The minimum Gasteiger partial charge on any atom is -0.313 e. The van der Waals surface area contributed by atoms with E-state index in [-0.39, 0.29) is 0 Å². The van der Waals surface area contributed by atoms with Crippen LogP contribution in [0.25, 0.3) is 0 Å². The highest BCUT2D eigenvalue weighted by Crippen LogP contribution is 2.17. The maximum absolute atomic E-state index is 4.48. The van der Waals surface area contributed by atoms with E-state index in [9.17, 15) is 0 Å². The molecule has 1 atom stereocenters. The van der Waals surface area contributed by atoms with Gasteiger partial charge in [-0.1, -0.05) is 47.5 Å². The summed E-state index contributed by atoms with van der Waals surface area (Å²) in [4.78, 5) is 4.48. The van der Waals surface area contributed by atoms with Crippen LogP contribution >= 0.6 is 0 Å². The van der Waals surface area contributed by atoms with Crippen LogP contribution in [0.5, 0.6) is 0 Å². The number of aromatic nitrogens is 3. The van der Waals surface area contributed by atoms with Gasteiger partial charge in [0.1, 0.15) is 12.2 Å². The van der Waals surface area contributed by atoms with E-state index in [4.69, 9.17) is 0 Å². The fourth-order valence-electron chi connectivity index (χ4n) is 2.73. The third-order valence-electron chi connectivity index (χ3n) is 3.91. The largest absolute Gasteiger partial charge is 0.313 e. The van der Waals surface area contributed by atoms with Crippen molar-refractivity contribution in [1.82, 2.24) is 20.1 Å². The third kappa shape index (κ3) is 5.23. The molecule has 0 spiro atoms. The lowest BCUT2D eigenvalue weighted by molar-refractivity contribution is 0.321. The van der Waals surface area contributed by atoms with Crippen molar-refractivity contribution in [3.05, 3.63) is 12.2 Å². The van der Waals surface area contributed by atoms with Gasteiger partial charge >= 0.3 is 0 Å². The second-order valence-electron chi connectivity index (χ2n) is 6.09. The summed E-state index contributed by atoms with van der Waals surface area (Å²) >= 11 is 0. The minimum absolute atomic E-state index is 0.514.